The van der Waals surface area contributed by atoms with Crippen molar-refractivity contribution < 1.29 is 9.47 Å². The molecule has 0 saturated heterocycles. The van der Waals surface area contributed by atoms with Crippen LogP contribution in [0.5, 0.6) is 0 Å². The van der Waals surface area contributed by atoms with Crippen LogP contribution in [0.1, 0.15) is 6.92 Å². The van der Waals surface area contributed by atoms with E-state index in [-0.39, 0.29) is 6.10 Å². The van der Waals surface area contributed by atoms with E-state index in [0.717, 1.165) is 0 Å². The average Bonchev–Trinajstić information content (AvgIpc) is 1.83. The van der Waals surface area contributed by atoms with Crippen molar-refractivity contribution in [3.8, 4) is 0 Å². The van der Waals surface area contributed by atoms with E-state index in [1.165, 1.54) is 0 Å². The largest absolute Gasteiger partial charge is 0.379 e. The van der Waals surface area contributed by atoms with E-state index in [2.05, 4.69) is 6.92 Å². The molecule has 0 saturated carbocycles. The molecule has 0 heterocycles. The van der Waals surface area contributed by atoms with E-state index in [9.17, 15) is 0 Å². The summed E-state index contributed by atoms with van der Waals surface area (Å²) >= 11 is 0. The molecule has 0 aromatic carbocycles. The van der Waals surface area contributed by atoms with Gasteiger partial charge in [0.1, 0.15) is 0 Å². The molecule has 1 radical (unpaired) electrons. The highest BCUT2D eigenvalue weighted by Gasteiger charge is 1.95. The topological polar surface area (TPSA) is 18.5 Å². The Bertz CT molecular complexity index is 45.8. The van der Waals surface area contributed by atoms with Crippen LogP contribution in [0.4, 0.5) is 0 Å². The Balaban J connectivity index is 2.86. The smallest absolute Gasteiger partial charge is 0.0776 e. The lowest BCUT2D eigenvalue weighted by Crippen LogP contribution is -2.13. The van der Waals surface area contributed by atoms with Crippen LogP contribution in [-0.4, -0.2) is 26.4 Å². The summed E-state index contributed by atoms with van der Waals surface area (Å²) in [6.07, 6.45) is 0.191. The Morgan fingerprint density at radius 2 is 2.25 bits per heavy atom. The van der Waals surface area contributed by atoms with Gasteiger partial charge in [0.05, 0.1) is 12.7 Å². The van der Waals surface area contributed by atoms with E-state index in [1.807, 2.05) is 6.92 Å². The second kappa shape index (κ2) is 5.06. The van der Waals surface area contributed by atoms with Gasteiger partial charge in [0.15, 0.2) is 0 Å². The second-order valence-corrected chi connectivity index (χ2v) is 1.62. The van der Waals surface area contributed by atoms with Crippen molar-refractivity contribution >= 4 is 0 Å². The third-order valence-corrected chi connectivity index (χ3v) is 0.899. The lowest BCUT2D eigenvalue weighted by Gasteiger charge is -2.07. The van der Waals surface area contributed by atoms with Gasteiger partial charge in [-0.2, -0.15) is 0 Å². The summed E-state index contributed by atoms with van der Waals surface area (Å²) in [5, 5.41) is 0. The number of rotatable bonds is 4. The van der Waals surface area contributed by atoms with Gasteiger partial charge >= 0.3 is 0 Å². The molecular weight excluding hydrogens is 104 g/mol. The average molecular weight is 117 g/mol. The first-order chi connectivity index (χ1) is 3.81. The van der Waals surface area contributed by atoms with E-state index in [1.54, 1.807) is 7.11 Å². The summed E-state index contributed by atoms with van der Waals surface area (Å²) < 4.78 is 9.85. The minimum Gasteiger partial charge on any atom is -0.379 e. The van der Waals surface area contributed by atoms with Crippen molar-refractivity contribution in [2.45, 2.75) is 13.0 Å². The molecule has 0 spiro atoms. The van der Waals surface area contributed by atoms with Gasteiger partial charge in [-0.15, -0.1) is 0 Å². The molecule has 0 aliphatic carbocycles. The third kappa shape index (κ3) is 4.09. The Morgan fingerprint density at radius 3 is 2.62 bits per heavy atom. The summed E-state index contributed by atoms with van der Waals surface area (Å²) in [7, 11) is 1.66. The highest BCUT2D eigenvalue weighted by Crippen LogP contribution is 1.86. The maximum absolute atomic E-state index is 4.95. The Hall–Kier alpha value is -0.0800. The lowest BCUT2D eigenvalue weighted by molar-refractivity contribution is 0.0278. The van der Waals surface area contributed by atoms with Crippen molar-refractivity contribution in [3.63, 3.8) is 0 Å². The SMILES string of the molecule is [CH2]COCC(C)OC. The van der Waals surface area contributed by atoms with Gasteiger partial charge in [0.25, 0.3) is 0 Å². The standard InChI is InChI=1S/C6H13O2/c1-4-8-5-6(2)7-3/h6H,1,4-5H2,2-3H3. The summed E-state index contributed by atoms with van der Waals surface area (Å²) in [6.45, 7) is 6.63. The maximum atomic E-state index is 4.95. The van der Waals surface area contributed by atoms with Gasteiger partial charge in [0, 0.05) is 13.7 Å². The van der Waals surface area contributed by atoms with Crippen LogP contribution in [0.2, 0.25) is 0 Å². The quantitative estimate of drug-likeness (QED) is 0.544. The molecule has 0 amide bonds. The molecule has 0 N–H and O–H groups in total. The number of hydrogen-bond acceptors (Lipinski definition) is 2. The van der Waals surface area contributed by atoms with Gasteiger partial charge in [0.2, 0.25) is 0 Å². The fourth-order valence-corrected chi connectivity index (χ4v) is 0.317. The summed E-state index contributed by atoms with van der Waals surface area (Å²) in [4.78, 5) is 0. The zero-order chi connectivity index (χ0) is 6.41. The molecule has 0 aromatic rings. The Morgan fingerprint density at radius 1 is 1.62 bits per heavy atom. The zero-order valence-electron chi connectivity index (χ0n) is 5.52. The predicted octanol–water partition coefficient (Wildman–Crippen LogP) is 0.872. The van der Waals surface area contributed by atoms with Gasteiger partial charge in [-0.3, -0.25) is 0 Å². The lowest BCUT2D eigenvalue weighted by atomic mass is 10.4. The van der Waals surface area contributed by atoms with Gasteiger partial charge in [-0.05, 0) is 13.8 Å². The summed E-state index contributed by atoms with van der Waals surface area (Å²) in [6, 6.07) is 0. The first-order valence-electron chi connectivity index (χ1n) is 2.71. The van der Waals surface area contributed by atoms with Gasteiger partial charge in [-0.1, -0.05) is 0 Å². The normalized spacial score (nSPS) is 13.9. The van der Waals surface area contributed by atoms with Crippen LogP contribution in [0.15, 0.2) is 0 Å². The minimum atomic E-state index is 0.191. The third-order valence-electron chi connectivity index (χ3n) is 0.899. The molecule has 1 atom stereocenters. The monoisotopic (exact) mass is 117 g/mol. The highest BCUT2D eigenvalue weighted by atomic mass is 16.5. The van der Waals surface area contributed by atoms with Crippen LogP contribution in [-0.2, 0) is 9.47 Å². The number of methoxy groups -OCH3 is 1. The van der Waals surface area contributed by atoms with Gasteiger partial charge in [-0.25, -0.2) is 0 Å². The first kappa shape index (κ1) is 7.92. The Kier molecular flexibility index (Phi) is 5.01. The molecule has 1 unspecified atom stereocenters. The van der Waals surface area contributed by atoms with Crippen molar-refractivity contribution in [1.29, 1.82) is 0 Å². The van der Waals surface area contributed by atoms with E-state index < -0.39 is 0 Å². The molecule has 2 heteroatoms. The van der Waals surface area contributed by atoms with E-state index >= 15 is 0 Å². The summed E-state index contributed by atoms with van der Waals surface area (Å²) in [5.74, 6) is 0. The molecule has 0 bridgehead atoms. The van der Waals surface area contributed by atoms with Crippen LogP contribution in [0.3, 0.4) is 0 Å². The van der Waals surface area contributed by atoms with Crippen LogP contribution < -0.4 is 0 Å². The van der Waals surface area contributed by atoms with Crippen molar-refractivity contribution in [3.05, 3.63) is 6.92 Å². The van der Waals surface area contributed by atoms with Crippen molar-refractivity contribution in [2.75, 3.05) is 20.3 Å². The molecule has 2 nitrogen and oxygen atoms in total. The maximum Gasteiger partial charge on any atom is 0.0776 e. The Labute approximate surface area is 50.8 Å². The summed E-state index contributed by atoms with van der Waals surface area (Å²) in [5.41, 5.74) is 0. The molecule has 0 aliphatic rings. The second-order valence-electron chi connectivity index (χ2n) is 1.62. The van der Waals surface area contributed by atoms with E-state index in [4.69, 9.17) is 9.47 Å². The van der Waals surface area contributed by atoms with Crippen LogP contribution in [0.25, 0.3) is 0 Å². The number of hydrogen-bond donors (Lipinski definition) is 0. The molecule has 0 aromatic heterocycles. The first-order valence-corrected chi connectivity index (χ1v) is 2.71. The van der Waals surface area contributed by atoms with E-state index in [0.29, 0.717) is 13.2 Å². The fourth-order valence-electron chi connectivity index (χ4n) is 0.317. The molecule has 0 aliphatic heterocycles. The zero-order valence-corrected chi connectivity index (χ0v) is 5.52. The molecule has 8 heavy (non-hydrogen) atoms. The minimum absolute atomic E-state index is 0.191. The van der Waals surface area contributed by atoms with Crippen LogP contribution >= 0.6 is 0 Å². The fraction of sp³-hybridized carbons (Fsp3) is 0.833. The van der Waals surface area contributed by atoms with Crippen molar-refractivity contribution in [2.24, 2.45) is 0 Å². The van der Waals surface area contributed by atoms with Gasteiger partial charge < -0.3 is 9.47 Å². The molecule has 49 valence electrons. The molecule has 0 rings (SSSR count). The molecular formula is C6H13O2. The van der Waals surface area contributed by atoms with Crippen molar-refractivity contribution in [1.82, 2.24) is 0 Å². The van der Waals surface area contributed by atoms with Crippen LogP contribution in [0, 0.1) is 6.92 Å². The number of ether oxygens (including phenoxy) is 2. The molecule has 0 fully saturated rings. The highest BCUT2D eigenvalue weighted by molar-refractivity contribution is 4.44. The predicted molar refractivity (Wildman–Crippen MR) is 32.6 cm³/mol.